The fourth-order valence-electron chi connectivity index (χ4n) is 1.23. The fraction of sp³-hybridized carbons (Fsp3) is 0.417. The van der Waals surface area contributed by atoms with Crippen LogP contribution in [0.25, 0.3) is 0 Å². The van der Waals surface area contributed by atoms with Crippen LogP contribution in [0.4, 0.5) is 10.1 Å². The van der Waals surface area contributed by atoms with Gasteiger partial charge in [0.05, 0.1) is 5.75 Å². The van der Waals surface area contributed by atoms with Crippen molar-refractivity contribution < 1.29 is 9.18 Å². The maximum atomic E-state index is 13.4. The topological polar surface area (TPSA) is 55.1 Å². The Morgan fingerprint density at radius 3 is 2.94 bits per heavy atom. The molecule has 1 amide bonds. The molecule has 0 bridgehead atoms. The quantitative estimate of drug-likeness (QED) is 0.467. The SMILES string of the molecule is CCCCNC(=O)CSc1ccc(N)cc1F. The zero-order chi connectivity index (χ0) is 12.7. The van der Waals surface area contributed by atoms with Crippen LogP contribution in [0.5, 0.6) is 0 Å². The molecule has 1 aromatic rings. The lowest BCUT2D eigenvalue weighted by molar-refractivity contribution is -0.118. The Bertz CT molecular complexity index is 385. The fourth-order valence-corrected chi connectivity index (χ4v) is 1.98. The van der Waals surface area contributed by atoms with Crippen LogP contribution in [0.1, 0.15) is 19.8 Å². The number of amides is 1. The number of nitrogens with two attached hydrogens (primary N) is 1. The van der Waals surface area contributed by atoms with Gasteiger partial charge in [0.1, 0.15) is 5.82 Å². The minimum Gasteiger partial charge on any atom is -0.399 e. The van der Waals surface area contributed by atoms with Crippen molar-refractivity contribution >= 4 is 23.4 Å². The molecule has 3 N–H and O–H groups in total. The minimum atomic E-state index is -0.378. The second kappa shape index (κ2) is 7.17. The number of carbonyl (C=O) groups excluding carboxylic acids is 1. The molecule has 0 heterocycles. The minimum absolute atomic E-state index is 0.0697. The Labute approximate surface area is 105 Å². The molecule has 0 saturated heterocycles. The average molecular weight is 256 g/mol. The first-order valence-electron chi connectivity index (χ1n) is 5.58. The number of hydrogen-bond donors (Lipinski definition) is 2. The molecular formula is C12H17FN2OS. The third-order valence-electron chi connectivity index (χ3n) is 2.17. The van der Waals surface area contributed by atoms with E-state index in [1.807, 2.05) is 0 Å². The van der Waals surface area contributed by atoms with E-state index in [-0.39, 0.29) is 17.5 Å². The Morgan fingerprint density at radius 2 is 2.29 bits per heavy atom. The van der Waals surface area contributed by atoms with Crippen LogP contribution in [0, 0.1) is 5.82 Å². The van der Waals surface area contributed by atoms with Crippen molar-refractivity contribution in [2.45, 2.75) is 24.7 Å². The maximum absolute atomic E-state index is 13.4. The highest BCUT2D eigenvalue weighted by atomic mass is 32.2. The molecule has 0 aromatic heterocycles. The summed E-state index contributed by atoms with van der Waals surface area (Å²) in [5.74, 6) is -0.221. The molecule has 17 heavy (non-hydrogen) atoms. The normalized spacial score (nSPS) is 10.2. The molecule has 0 aliphatic heterocycles. The number of nitrogens with one attached hydrogen (secondary N) is 1. The van der Waals surface area contributed by atoms with Crippen molar-refractivity contribution in [3.63, 3.8) is 0 Å². The van der Waals surface area contributed by atoms with Crippen LogP contribution in [-0.4, -0.2) is 18.2 Å². The molecule has 0 atom stereocenters. The van der Waals surface area contributed by atoms with Gasteiger partial charge in [0, 0.05) is 17.1 Å². The first kappa shape index (κ1) is 13.8. The summed E-state index contributed by atoms with van der Waals surface area (Å²) in [4.78, 5) is 11.8. The summed E-state index contributed by atoms with van der Waals surface area (Å²) < 4.78 is 13.4. The standard InChI is InChI=1S/C12H17FN2OS/c1-2-3-6-15-12(16)8-17-11-5-4-9(14)7-10(11)13/h4-5,7H,2-3,6,8,14H2,1H3,(H,15,16). The van der Waals surface area contributed by atoms with E-state index >= 15 is 0 Å². The molecule has 0 aliphatic carbocycles. The molecule has 1 aromatic carbocycles. The number of carbonyl (C=O) groups is 1. The van der Waals surface area contributed by atoms with Gasteiger partial charge in [0.2, 0.25) is 5.91 Å². The lowest BCUT2D eigenvalue weighted by Crippen LogP contribution is -2.26. The summed E-state index contributed by atoms with van der Waals surface area (Å²) in [5.41, 5.74) is 5.82. The summed E-state index contributed by atoms with van der Waals surface area (Å²) >= 11 is 1.18. The lowest BCUT2D eigenvalue weighted by Gasteiger charge is -2.05. The Kier molecular flexibility index (Phi) is 5.83. The number of thioether (sulfide) groups is 1. The molecule has 5 heteroatoms. The highest BCUT2D eigenvalue weighted by Crippen LogP contribution is 2.23. The molecule has 1 rings (SSSR count). The summed E-state index contributed by atoms with van der Waals surface area (Å²) in [6, 6.07) is 4.48. The summed E-state index contributed by atoms with van der Waals surface area (Å²) in [6.07, 6.45) is 2.01. The third kappa shape index (κ3) is 5.08. The second-order valence-electron chi connectivity index (χ2n) is 3.68. The van der Waals surface area contributed by atoms with E-state index in [1.54, 1.807) is 12.1 Å². The van der Waals surface area contributed by atoms with Gasteiger partial charge in [-0.1, -0.05) is 13.3 Å². The van der Waals surface area contributed by atoms with E-state index < -0.39 is 0 Å². The Balaban J connectivity index is 2.37. The van der Waals surface area contributed by atoms with Crippen LogP contribution in [0.15, 0.2) is 23.1 Å². The number of unbranched alkanes of at least 4 members (excludes halogenated alkanes) is 1. The smallest absolute Gasteiger partial charge is 0.230 e. The third-order valence-corrected chi connectivity index (χ3v) is 3.22. The zero-order valence-electron chi connectivity index (χ0n) is 9.83. The van der Waals surface area contributed by atoms with Gasteiger partial charge in [-0.3, -0.25) is 4.79 Å². The van der Waals surface area contributed by atoms with Crippen molar-refractivity contribution in [1.82, 2.24) is 5.32 Å². The molecule has 0 fully saturated rings. The van der Waals surface area contributed by atoms with Crippen molar-refractivity contribution in [2.75, 3.05) is 18.0 Å². The van der Waals surface area contributed by atoms with Gasteiger partial charge in [-0.2, -0.15) is 0 Å². The van der Waals surface area contributed by atoms with E-state index in [0.717, 1.165) is 12.8 Å². The highest BCUT2D eigenvalue weighted by Gasteiger charge is 2.06. The van der Waals surface area contributed by atoms with Crippen LogP contribution < -0.4 is 11.1 Å². The van der Waals surface area contributed by atoms with E-state index in [0.29, 0.717) is 17.1 Å². The molecule has 94 valence electrons. The van der Waals surface area contributed by atoms with Gasteiger partial charge in [0.15, 0.2) is 0 Å². The zero-order valence-corrected chi connectivity index (χ0v) is 10.6. The van der Waals surface area contributed by atoms with Crippen molar-refractivity contribution in [1.29, 1.82) is 0 Å². The van der Waals surface area contributed by atoms with Crippen molar-refractivity contribution in [2.24, 2.45) is 0 Å². The van der Waals surface area contributed by atoms with Gasteiger partial charge >= 0.3 is 0 Å². The molecule has 3 nitrogen and oxygen atoms in total. The Hall–Kier alpha value is -1.23. The van der Waals surface area contributed by atoms with Crippen molar-refractivity contribution in [3.8, 4) is 0 Å². The number of anilines is 1. The Morgan fingerprint density at radius 1 is 1.53 bits per heavy atom. The van der Waals surface area contributed by atoms with Crippen molar-refractivity contribution in [3.05, 3.63) is 24.0 Å². The molecular weight excluding hydrogens is 239 g/mol. The van der Waals surface area contributed by atoms with E-state index in [4.69, 9.17) is 5.73 Å². The van der Waals surface area contributed by atoms with E-state index in [9.17, 15) is 9.18 Å². The van der Waals surface area contributed by atoms with Crippen LogP contribution in [0.3, 0.4) is 0 Å². The van der Waals surface area contributed by atoms with E-state index in [2.05, 4.69) is 12.2 Å². The number of hydrogen-bond acceptors (Lipinski definition) is 3. The first-order chi connectivity index (χ1) is 8.13. The molecule has 0 saturated carbocycles. The monoisotopic (exact) mass is 256 g/mol. The maximum Gasteiger partial charge on any atom is 0.230 e. The van der Waals surface area contributed by atoms with Crippen LogP contribution in [0.2, 0.25) is 0 Å². The molecule has 0 spiro atoms. The largest absolute Gasteiger partial charge is 0.399 e. The second-order valence-corrected chi connectivity index (χ2v) is 4.70. The summed E-state index contributed by atoms with van der Waals surface area (Å²) in [5, 5.41) is 2.78. The van der Waals surface area contributed by atoms with Crippen LogP contribution in [-0.2, 0) is 4.79 Å². The molecule has 0 unspecified atom stereocenters. The highest BCUT2D eigenvalue weighted by molar-refractivity contribution is 8.00. The number of benzene rings is 1. The van der Waals surface area contributed by atoms with E-state index in [1.165, 1.54) is 17.8 Å². The molecule has 0 aliphatic rings. The number of halogens is 1. The van der Waals surface area contributed by atoms with Gasteiger partial charge in [-0.25, -0.2) is 4.39 Å². The number of nitrogen functional groups attached to an aromatic ring is 1. The van der Waals surface area contributed by atoms with Crippen LogP contribution >= 0.6 is 11.8 Å². The number of rotatable bonds is 6. The predicted molar refractivity (Wildman–Crippen MR) is 69.5 cm³/mol. The summed E-state index contributed by atoms with van der Waals surface area (Å²) in [6.45, 7) is 2.74. The summed E-state index contributed by atoms with van der Waals surface area (Å²) in [7, 11) is 0. The average Bonchev–Trinajstić information content (AvgIpc) is 2.28. The molecule has 0 radical (unpaired) electrons. The van der Waals surface area contributed by atoms with Gasteiger partial charge in [0.25, 0.3) is 0 Å². The first-order valence-corrected chi connectivity index (χ1v) is 6.56. The lowest BCUT2D eigenvalue weighted by atomic mass is 10.3. The van der Waals surface area contributed by atoms with Gasteiger partial charge in [-0.15, -0.1) is 11.8 Å². The predicted octanol–water partition coefficient (Wildman–Crippen LogP) is 2.42. The van der Waals surface area contributed by atoms with Gasteiger partial charge < -0.3 is 11.1 Å². The van der Waals surface area contributed by atoms with Gasteiger partial charge in [-0.05, 0) is 24.6 Å².